The van der Waals surface area contributed by atoms with Crippen molar-refractivity contribution in [2.75, 3.05) is 0 Å². The second-order valence-electron chi connectivity index (χ2n) is 4.13. The van der Waals surface area contributed by atoms with Gasteiger partial charge in [-0.1, -0.05) is 29.8 Å². The van der Waals surface area contributed by atoms with E-state index in [4.69, 9.17) is 0 Å². The van der Waals surface area contributed by atoms with Crippen LogP contribution in [-0.4, -0.2) is 14.9 Å². The van der Waals surface area contributed by atoms with Crippen LogP contribution in [0, 0.1) is 13.8 Å². The van der Waals surface area contributed by atoms with E-state index < -0.39 is 6.10 Å². The monoisotopic (exact) mass is 216 g/mol. The summed E-state index contributed by atoms with van der Waals surface area (Å²) in [6.07, 6.45) is 1.14. The van der Waals surface area contributed by atoms with Crippen molar-refractivity contribution in [3.63, 3.8) is 0 Å². The third kappa shape index (κ3) is 1.86. The van der Waals surface area contributed by atoms with Gasteiger partial charge in [-0.3, -0.25) is 4.68 Å². The van der Waals surface area contributed by atoms with Crippen LogP contribution in [0.4, 0.5) is 0 Å². The van der Waals surface area contributed by atoms with E-state index in [1.54, 1.807) is 10.9 Å². The molecule has 1 unspecified atom stereocenters. The first-order valence-corrected chi connectivity index (χ1v) is 5.32. The highest BCUT2D eigenvalue weighted by Gasteiger charge is 2.15. The smallest absolute Gasteiger partial charge is 0.107 e. The first kappa shape index (κ1) is 10.9. The Morgan fingerprint density at radius 3 is 2.62 bits per heavy atom. The lowest BCUT2D eigenvalue weighted by molar-refractivity contribution is 0.219. The quantitative estimate of drug-likeness (QED) is 0.835. The van der Waals surface area contributed by atoms with Crippen molar-refractivity contribution in [2.24, 2.45) is 7.05 Å². The van der Waals surface area contributed by atoms with E-state index >= 15 is 0 Å². The maximum Gasteiger partial charge on any atom is 0.107 e. The number of aromatic nitrogens is 2. The predicted octanol–water partition coefficient (Wildman–Crippen LogP) is 2.12. The van der Waals surface area contributed by atoms with Gasteiger partial charge >= 0.3 is 0 Å². The fraction of sp³-hybridized carbons (Fsp3) is 0.308. The average molecular weight is 216 g/mol. The maximum absolute atomic E-state index is 10.3. The third-order valence-corrected chi connectivity index (χ3v) is 2.93. The molecular weight excluding hydrogens is 200 g/mol. The standard InChI is InChI=1S/C13H16N2O/c1-9-5-4-6-11(7-9)13(16)12-8-14-15(3)10(12)2/h4-8,13,16H,1-3H3. The number of aliphatic hydroxyl groups is 1. The van der Waals surface area contributed by atoms with Crippen LogP contribution < -0.4 is 0 Å². The number of nitrogens with zero attached hydrogens (tertiary/aromatic N) is 2. The van der Waals surface area contributed by atoms with Crippen LogP contribution in [-0.2, 0) is 7.05 Å². The van der Waals surface area contributed by atoms with Crippen molar-refractivity contribution in [1.29, 1.82) is 0 Å². The molecule has 1 heterocycles. The van der Waals surface area contributed by atoms with Crippen LogP contribution in [0.5, 0.6) is 0 Å². The lowest BCUT2D eigenvalue weighted by Gasteiger charge is -2.11. The molecule has 16 heavy (non-hydrogen) atoms. The molecule has 1 N–H and O–H groups in total. The molecule has 3 heteroatoms. The first-order valence-electron chi connectivity index (χ1n) is 5.32. The summed E-state index contributed by atoms with van der Waals surface area (Å²) in [4.78, 5) is 0. The van der Waals surface area contributed by atoms with Crippen molar-refractivity contribution < 1.29 is 5.11 Å². The van der Waals surface area contributed by atoms with Crippen LogP contribution in [0.15, 0.2) is 30.5 Å². The predicted molar refractivity (Wildman–Crippen MR) is 63.2 cm³/mol. The summed E-state index contributed by atoms with van der Waals surface area (Å²) < 4.78 is 1.77. The number of aliphatic hydroxyl groups excluding tert-OH is 1. The van der Waals surface area contributed by atoms with Gasteiger partial charge in [-0.2, -0.15) is 5.10 Å². The summed E-state index contributed by atoms with van der Waals surface area (Å²) in [5, 5.41) is 14.4. The van der Waals surface area contributed by atoms with E-state index in [2.05, 4.69) is 5.10 Å². The third-order valence-electron chi connectivity index (χ3n) is 2.93. The lowest BCUT2D eigenvalue weighted by atomic mass is 10.0. The topological polar surface area (TPSA) is 38.1 Å². The van der Waals surface area contributed by atoms with Crippen LogP contribution in [0.25, 0.3) is 0 Å². The Hall–Kier alpha value is -1.61. The Morgan fingerprint density at radius 2 is 2.06 bits per heavy atom. The number of hydrogen-bond acceptors (Lipinski definition) is 2. The Labute approximate surface area is 95.3 Å². The molecule has 0 amide bonds. The number of benzene rings is 1. The minimum Gasteiger partial charge on any atom is -0.384 e. The molecular formula is C13H16N2O. The van der Waals surface area contributed by atoms with Crippen molar-refractivity contribution in [3.05, 3.63) is 52.8 Å². The van der Waals surface area contributed by atoms with Gasteiger partial charge in [0.25, 0.3) is 0 Å². The van der Waals surface area contributed by atoms with Crippen LogP contribution in [0.1, 0.15) is 28.5 Å². The van der Waals surface area contributed by atoms with Crippen molar-refractivity contribution in [3.8, 4) is 0 Å². The number of rotatable bonds is 2. The Kier molecular flexibility index (Phi) is 2.79. The molecule has 0 saturated heterocycles. The van der Waals surface area contributed by atoms with E-state index in [1.165, 1.54) is 0 Å². The van der Waals surface area contributed by atoms with E-state index in [0.717, 1.165) is 22.4 Å². The summed E-state index contributed by atoms with van der Waals surface area (Å²) in [6, 6.07) is 7.91. The molecule has 2 aromatic rings. The molecule has 1 atom stereocenters. The van der Waals surface area contributed by atoms with Gasteiger partial charge in [0.1, 0.15) is 6.10 Å². The molecule has 3 nitrogen and oxygen atoms in total. The highest BCUT2D eigenvalue weighted by atomic mass is 16.3. The van der Waals surface area contributed by atoms with Gasteiger partial charge in [-0.05, 0) is 19.4 Å². The van der Waals surface area contributed by atoms with Gasteiger partial charge in [-0.15, -0.1) is 0 Å². The SMILES string of the molecule is Cc1cccc(C(O)c2cnn(C)c2C)c1. The minimum absolute atomic E-state index is 0.589. The molecule has 0 aliphatic heterocycles. The summed E-state index contributed by atoms with van der Waals surface area (Å²) >= 11 is 0. The van der Waals surface area contributed by atoms with E-state index in [9.17, 15) is 5.11 Å². The van der Waals surface area contributed by atoms with Gasteiger partial charge in [0, 0.05) is 18.3 Å². The average Bonchev–Trinajstić information content (AvgIpc) is 2.59. The molecule has 0 spiro atoms. The molecule has 1 aromatic heterocycles. The normalized spacial score (nSPS) is 12.8. The van der Waals surface area contributed by atoms with Crippen molar-refractivity contribution >= 4 is 0 Å². The van der Waals surface area contributed by atoms with Crippen LogP contribution in [0.2, 0.25) is 0 Å². The van der Waals surface area contributed by atoms with Crippen LogP contribution in [0.3, 0.4) is 0 Å². The first-order chi connectivity index (χ1) is 7.59. The Bertz CT molecular complexity index is 502. The molecule has 0 aliphatic rings. The molecule has 0 aliphatic carbocycles. The largest absolute Gasteiger partial charge is 0.384 e. The van der Waals surface area contributed by atoms with E-state index in [1.807, 2.05) is 45.2 Å². The van der Waals surface area contributed by atoms with Gasteiger partial charge in [0.2, 0.25) is 0 Å². The lowest BCUT2D eigenvalue weighted by Crippen LogP contribution is -2.02. The van der Waals surface area contributed by atoms with Gasteiger partial charge in [0.15, 0.2) is 0 Å². The zero-order valence-corrected chi connectivity index (χ0v) is 9.81. The van der Waals surface area contributed by atoms with E-state index in [0.29, 0.717) is 0 Å². The van der Waals surface area contributed by atoms with Crippen molar-refractivity contribution in [2.45, 2.75) is 20.0 Å². The highest BCUT2D eigenvalue weighted by Crippen LogP contribution is 2.24. The summed E-state index contributed by atoms with van der Waals surface area (Å²) in [7, 11) is 1.88. The summed E-state index contributed by atoms with van der Waals surface area (Å²) in [5.74, 6) is 0. The van der Waals surface area contributed by atoms with Gasteiger partial charge in [0.05, 0.1) is 6.20 Å². The summed E-state index contributed by atoms with van der Waals surface area (Å²) in [5.41, 5.74) is 3.93. The number of hydrogen-bond donors (Lipinski definition) is 1. The number of aryl methyl sites for hydroxylation is 2. The molecule has 0 bridgehead atoms. The molecule has 1 aromatic carbocycles. The van der Waals surface area contributed by atoms with Crippen molar-refractivity contribution in [1.82, 2.24) is 9.78 Å². The second kappa shape index (κ2) is 4.10. The minimum atomic E-state index is -0.589. The second-order valence-corrected chi connectivity index (χ2v) is 4.13. The molecule has 0 saturated carbocycles. The highest BCUT2D eigenvalue weighted by molar-refractivity contribution is 5.33. The summed E-state index contributed by atoms with van der Waals surface area (Å²) in [6.45, 7) is 3.98. The zero-order valence-electron chi connectivity index (χ0n) is 9.81. The van der Waals surface area contributed by atoms with Crippen LogP contribution >= 0.6 is 0 Å². The van der Waals surface area contributed by atoms with E-state index in [-0.39, 0.29) is 0 Å². The Balaban J connectivity index is 2.39. The van der Waals surface area contributed by atoms with Gasteiger partial charge in [-0.25, -0.2) is 0 Å². The Morgan fingerprint density at radius 1 is 1.31 bits per heavy atom. The molecule has 0 fully saturated rings. The van der Waals surface area contributed by atoms with Gasteiger partial charge < -0.3 is 5.11 Å². The fourth-order valence-electron chi connectivity index (χ4n) is 1.80. The zero-order chi connectivity index (χ0) is 11.7. The molecule has 0 radical (unpaired) electrons. The molecule has 84 valence electrons. The fourth-order valence-corrected chi connectivity index (χ4v) is 1.80. The maximum atomic E-state index is 10.3. The molecule has 2 rings (SSSR count).